The smallest absolute Gasteiger partial charge is 0.279 e. The fourth-order valence-electron chi connectivity index (χ4n) is 3.26. The average Bonchev–Trinajstić information content (AvgIpc) is 2.71. The molecule has 5 nitrogen and oxygen atoms in total. The molecule has 1 heterocycles. The van der Waals surface area contributed by atoms with Gasteiger partial charge in [0.25, 0.3) is 11.8 Å². The third-order valence-electron chi connectivity index (χ3n) is 4.81. The number of carbonyl (C=O) groups excluding carboxylic acids is 2. The summed E-state index contributed by atoms with van der Waals surface area (Å²) < 4.78 is 12.9. The summed E-state index contributed by atoms with van der Waals surface area (Å²) in [6.45, 7) is 3.05. The number of nitrogens with one attached hydrogen (secondary N) is 2. The summed E-state index contributed by atoms with van der Waals surface area (Å²) >= 11 is 1.76. The molecule has 2 aromatic carbocycles. The first kappa shape index (κ1) is 20.4. The Morgan fingerprint density at radius 1 is 1.07 bits per heavy atom. The van der Waals surface area contributed by atoms with Gasteiger partial charge in [-0.05, 0) is 48.2 Å². The van der Waals surface area contributed by atoms with Crippen molar-refractivity contribution in [3.05, 3.63) is 65.5 Å². The second-order valence-electron chi connectivity index (χ2n) is 6.90. The fourth-order valence-corrected chi connectivity index (χ4v) is 3.79. The first-order valence-corrected chi connectivity index (χ1v) is 10.7. The summed E-state index contributed by atoms with van der Waals surface area (Å²) in [5, 5.41) is 2.78. The van der Waals surface area contributed by atoms with Crippen LogP contribution in [0.15, 0.2) is 48.5 Å². The Kier molecular flexibility index (Phi) is 7.06. The van der Waals surface area contributed by atoms with E-state index >= 15 is 0 Å². The van der Waals surface area contributed by atoms with Gasteiger partial charge in [-0.2, -0.15) is 11.8 Å². The van der Waals surface area contributed by atoms with Crippen LogP contribution in [-0.2, 0) is 10.5 Å². The van der Waals surface area contributed by atoms with Crippen molar-refractivity contribution in [2.45, 2.75) is 5.75 Å². The number of hydrogen-bond acceptors (Lipinski definition) is 3. The van der Waals surface area contributed by atoms with E-state index in [2.05, 4.69) is 11.6 Å². The van der Waals surface area contributed by atoms with Crippen molar-refractivity contribution in [3.63, 3.8) is 0 Å². The zero-order valence-corrected chi connectivity index (χ0v) is 16.7. The number of carbonyl (C=O) groups is 2. The van der Waals surface area contributed by atoms with Gasteiger partial charge >= 0.3 is 0 Å². The number of nitrogens with zero attached hydrogens (tertiary/aromatic N) is 1. The molecule has 1 aliphatic heterocycles. The van der Waals surface area contributed by atoms with Crippen LogP contribution in [-0.4, -0.2) is 55.7 Å². The van der Waals surface area contributed by atoms with Crippen LogP contribution < -0.4 is 10.2 Å². The number of quaternary nitrogens is 1. The van der Waals surface area contributed by atoms with Crippen LogP contribution in [0.5, 0.6) is 0 Å². The van der Waals surface area contributed by atoms with E-state index in [1.165, 1.54) is 17.7 Å². The molecule has 2 aromatic rings. The van der Waals surface area contributed by atoms with E-state index in [4.69, 9.17) is 0 Å². The SMILES string of the molecule is CSCc1ccc(C(=O)N2CC[NH+](CC(=O)Nc3ccc(F)cc3)CC2)cc1. The van der Waals surface area contributed by atoms with Gasteiger partial charge in [-0.1, -0.05) is 12.1 Å². The highest BCUT2D eigenvalue weighted by Gasteiger charge is 2.25. The Hall–Kier alpha value is -2.38. The Balaban J connectivity index is 1.46. The van der Waals surface area contributed by atoms with Crippen molar-refractivity contribution in [2.75, 3.05) is 44.3 Å². The molecule has 1 aliphatic rings. The number of halogens is 1. The maximum Gasteiger partial charge on any atom is 0.279 e. The molecule has 0 atom stereocenters. The van der Waals surface area contributed by atoms with Gasteiger partial charge in [0.1, 0.15) is 5.82 Å². The maximum atomic E-state index is 12.9. The molecule has 28 heavy (non-hydrogen) atoms. The number of thioether (sulfide) groups is 1. The molecule has 2 amide bonds. The molecule has 3 rings (SSSR count). The van der Waals surface area contributed by atoms with Crippen LogP contribution in [0.4, 0.5) is 10.1 Å². The predicted molar refractivity (Wildman–Crippen MR) is 110 cm³/mol. The molecular formula is C21H25FN3O2S+. The third-order valence-corrected chi connectivity index (χ3v) is 5.43. The van der Waals surface area contributed by atoms with Crippen LogP contribution in [0.25, 0.3) is 0 Å². The molecule has 0 unspecified atom stereocenters. The van der Waals surface area contributed by atoms with Gasteiger partial charge in [0.2, 0.25) is 0 Å². The standard InChI is InChI=1S/C21H24FN3O2S/c1-28-15-16-2-4-17(5-3-16)21(27)25-12-10-24(11-13-25)14-20(26)23-19-8-6-18(22)7-9-19/h2-9H,10-15H2,1H3,(H,23,26)/p+1. The van der Waals surface area contributed by atoms with Gasteiger partial charge in [-0.3, -0.25) is 9.59 Å². The minimum absolute atomic E-state index is 0.0468. The first-order valence-electron chi connectivity index (χ1n) is 9.31. The number of anilines is 1. The van der Waals surface area contributed by atoms with Gasteiger partial charge in [0, 0.05) is 17.0 Å². The van der Waals surface area contributed by atoms with Crippen molar-refractivity contribution < 1.29 is 18.9 Å². The first-order chi connectivity index (χ1) is 13.5. The Bertz CT molecular complexity index is 803. The maximum absolute atomic E-state index is 12.9. The average molecular weight is 403 g/mol. The molecule has 7 heteroatoms. The highest BCUT2D eigenvalue weighted by Crippen LogP contribution is 2.12. The molecule has 1 saturated heterocycles. The lowest BCUT2D eigenvalue weighted by molar-refractivity contribution is -0.895. The lowest BCUT2D eigenvalue weighted by atomic mass is 10.1. The van der Waals surface area contributed by atoms with E-state index in [0.717, 1.165) is 23.7 Å². The van der Waals surface area contributed by atoms with E-state index in [1.54, 1.807) is 23.9 Å². The van der Waals surface area contributed by atoms with Crippen molar-refractivity contribution in [3.8, 4) is 0 Å². The number of benzene rings is 2. The van der Waals surface area contributed by atoms with E-state index < -0.39 is 0 Å². The van der Waals surface area contributed by atoms with Crippen molar-refractivity contribution >= 4 is 29.3 Å². The Morgan fingerprint density at radius 3 is 2.32 bits per heavy atom. The number of piperazine rings is 1. The topological polar surface area (TPSA) is 53.9 Å². The summed E-state index contributed by atoms with van der Waals surface area (Å²) in [6.07, 6.45) is 2.06. The molecule has 2 N–H and O–H groups in total. The molecule has 0 radical (unpaired) electrons. The lowest BCUT2D eigenvalue weighted by Crippen LogP contribution is -3.15. The number of hydrogen-bond donors (Lipinski definition) is 2. The molecule has 0 bridgehead atoms. The lowest BCUT2D eigenvalue weighted by Gasteiger charge is -2.32. The summed E-state index contributed by atoms with van der Waals surface area (Å²) in [7, 11) is 0. The second kappa shape index (κ2) is 9.71. The van der Waals surface area contributed by atoms with Crippen LogP contribution in [0, 0.1) is 5.82 Å². The van der Waals surface area contributed by atoms with Gasteiger partial charge in [-0.25, -0.2) is 4.39 Å². The predicted octanol–water partition coefficient (Wildman–Crippen LogP) is 1.67. The molecule has 0 spiro atoms. The van der Waals surface area contributed by atoms with E-state index in [1.807, 2.05) is 29.2 Å². The summed E-state index contributed by atoms with van der Waals surface area (Å²) in [5.74, 6) is 0.552. The molecule has 1 fully saturated rings. The van der Waals surface area contributed by atoms with Crippen LogP contribution in [0.1, 0.15) is 15.9 Å². The highest BCUT2D eigenvalue weighted by molar-refractivity contribution is 7.97. The quantitative estimate of drug-likeness (QED) is 0.773. The monoisotopic (exact) mass is 402 g/mol. The van der Waals surface area contributed by atoms with Crippen LogP contribution in [0.2, 0.25) is 0 Å². The molecule has 148 valence electrons. The zero-order valence-electron chi connectivity index (χ0n) is 15.9. The summed E-state index contributed by atoms with van der Waals surface area (Å²) in [6, 6.07) is 13.5. The Morgan fingerprint density at radius 2 is 1.71 bits per heavy atom. The molecule has 0 aromatic heterocycles. The third kappa shape index (κ3) is 5.56. The molecular weight excluding hydrogens is 377 g/mol. The van der Waals surface area contributed by atoms with Crippen molar-refractivity contribution in [1.29, 1.82) is 0 Å². The minimum atomic E-state index is -0.330. The highest BCUT2D eigenvalue weighted by atomic mass is 32.2. The number of amides is 2. The second-order valence-corrected chi connectivity index (χ2v) is 7.77. The molecule has 0 aliphatic carbocycles. The van der Waals surface area contributed by atoms with E-state index in [0.29, 0.717) is 30.9 Å². The van der Waals surface area contributed by atoms with Gasteiger partial charge in [0.15, 0.2) is 6.54 Å². The van der Waals surface area contributed by atoms with Crippen molar-refractivity contribution in [1.82, 2.24) is 4.90 Å². The number of rotatable bonds is 6. The zero-order chi connectivity index (χ0) is 19.9. The molecule has 0 saturated carbocycles. The fraction of sp³-hybridized carbons (Fsp3) is 0.333. The van der Waals surface area contributed by atoms with Crippen LogP contribution in [0.3, 0.4) is 0 Å². The largest absolute Gasteiger partial charge is 0.327 e. The summed E-state index contributed by atoms with van der Waals surface area (Å²) in [4.78, 5) is 27.8. The van der Waals surface area contributed by atoms with Gasteiger partial charge in [-0.15, -0.1) is 0 Å². The van der Waals surface area contributed by atoms with Crippen molar-refractivity contribution in [2.24, 2.45) is 0 Å². The van der Waals surface area contributed by atoms with Gasteiger partial charge in [0.05, 0.1) is 26.2 Å². The van der Waals surface area contributed by atoms with E-state index in [-0.39, 0.29) is 17.6 Å². The summed E-state index contributed by atoms with van der Waals surface area (Å²) in [5.41, 5.74) is 2.51. The van der Waals surface area contributed by atoms with Gasteiger partial charge < -0.3 is 15.1 Å². The van der Waals surface area contributed by atoms with E-state index in [9.17, 15) is 14.0 Å². The van der Waals surface area contributed by atoms with Crippen LogP contribution >= 0.6 is 11.8 Å². The minimum Gasteiger partial charge on any atom is -0.327 e. The normalized spacial score (nSPS) is 14.7. The Labute approximate surface area is 168 Å².